The van der Waals surface area contributed by atoms with Crippen LogP contribution in [0.5, 0.6) is 5.75 Å². The zero-order chi connectivity index (χ0) is 18.2. The van der Waals surface area contributed by atoms with Crippen molar-refractivity contribution in [1.82, 2.24) is 9.78 Å². The lowest BCUT2D eigenvalue weighted by molar-refractivity contribution is 0.00578. The highest BCUT2D eigenvalue weighted by Gasteiger charge is 2.51. The Labute approximate surface area is 148 Å². The Balaban J connectivity index is 1.75. The van der Waals surface area contributed by atoms with Crippen molar-refractivity contribution >= 4 is 12.6 Å². The summed E-state index contributed by atoms with van der Waals surface area (Å²) in [5.74, 6) is -0.236. The van der Waals surface area contributed by atoms with Crippen LogP contribution in [0.25, 0.3) is 0 Å². The van der Waals surface area contributed by atoms with Gasteiger partial charge in [0.05, 0.1) is 17.4 Å². The highest BCUT2D eigenvalue weighted by molar-refractivity contribution is 6.62. The van der Waals surface area contributed by atoms with Crippen molar-refractivity contribution in [2.45, 2.75) is 59.0 Å². The smallest absolute Gasteiger partial charge is 0.486 e. The Morgan fingerprint density at radius 1 is 1.20 bits per heavy atom. The number of ether oxygens (including phenoxy) is 1. The number of benzene rings is 1. The predicted octanol–water partition coefficient (Wildman–Crippen LogP) is 2.92. The van der Waals surface area contributed by atoms with Gasteiger partial charge in [-0.05, 0) is 52.2 Å². The molecule has 7 heteroatoms. The van der Waals surface area contributed by atoms with Crippen LogP contribution in [0.1, 0.15) is 40.2 Å². The van der Waals surface area contributed by atoms with Crippen molar-refractivity contribution in [1.29, 1.82) is 0 Å². The molecule has 1 aromatic carbocycles. The summed E-state index contributed by atoms with van der Waals surface area (Å²) in [6.07, 6.45) is 3.61. The summed E-state index contributed by atoms with van der Waals surface area (Å²) < 4.78 is 33.6. The molecule has 1 aliphatic rings. The molecule has 1 aliphatic heterocycles. The molecular weight excluding hydrogens is 322 g/mol. The second kappa shape index (κ2) is 6.46. The van der Waals surface area contributed by atoms with Gasteiger partial charge in [0.25, 0.3) is 0 Å². The lowest BCUT2D eigenvalue weighted by atomic mass is 9.79. The minimum atomic E-state index is -0.546. The van der Waals surface area contributed by atoms with E-state index in [9.17, 15) is 4.39 Å². The van der Waals surface area contributed by atoms with E-state index in [0.717, 1.165) is 17.6 Å². The summed E-state index contributed by atoms with van der Waals surface area (Å²) in [5.41, 5.74) is 0.741. The molecule has 5 nitrogen and oxygen atoms in total. The fourth-order valence-corrected chi connectivity index (χ4v) is 2.57. The monoisotopic (exact) mass is 346 g/mol. The molecule has 0 unspecified atom stereocenters. The summed E-state index contributed by atoms with van der Waals surface area (Å²) in [6, 6.07) is 4.69. The van der Waals surface area contributed by atoms with Gasteiger partial charge >= 0.3 is 7.12 Å². The number of aromatic nitrogens is 2. The zero-order valence-corrected chi connectivity index (χ0v) is 15.4. The summed E-state index contributed by atoms with van der Waals surface area (Å²) in [7, 11) is -0.546. The topological polar surface area (TPSA) is 45.5 Å². The van der Waals surface area contributed by atoms with Crippen LogP contribution in [0.2, 0.25) is 0 Å². The van der Waals surface area contributed by atoms with Crippen LogP contribution in [-0.4, -0.2) is 28.1 Å². The first kappa shape index (κ1) is 18.0. The third-order valence-corrected chi connectivity index (χ3v) is 4.89. The van der Waals surface area contributed by atoms with Crippen molar-refractivity contribution in [3.05, 3.63) is 42.0 Å². The maximum Gasteiger partial charge on any atom is 0.494 e. The maximum absolute atomic E-state index is 14.1. The van der Waals surface area contributed by atoms with Crippen molar-refractivity contribution in [2.75, 3.05) is 0 Å². The molecule has 2 heterocycles. The fourth-order valence-electron chi connectivity index (χ4n) is 2.57. The lowest BCUT2D eigenvalue weighted by Gasteiger charge is -2.32. The van der Waals surface area contributed by atoms with Crippen LogP contribution in [0, 0.1) is 5.82 Å². The van der Waals surface area contributed by atoms with E-state index >= 15 is 0 Å². The fraction of sp³-hybridized carbons (Fsp3) is 0.500. The Kier molecular flexibility index (Phi) is 4.64. The number of aryl methyl sites for hydroxylation is 1. The van der Waals surface area contributed by atoms with Crippen LogP contribution < -0.4 is 10.2 Å². The number of nitrogens with zero attached hydrogens (tertiary/aromatic N) is 2. The third kappa shape index (κ3) is 3.57. The number of rotatable bonds is 5. The Bertz CT molecular complexity index is 745. The van der Waals surface area contributed by atoms with E-state index in [4.69, 9.17) is 14.0 Å². The van der Waals surface area contributed by atoms with Crippen LogP contribution in [0.15, 0.2) is 30.6 Å². The second-order valence-electron chi connectivity index (χ2n) is 7.27. The van der Waals surface area contributed by atoms with Gasteiger partial charge in [-0.25, -0.2) is 4.39 Å². The molecule has 0 spiro atoms. The first-order valence-corrected chi connectivity index (χ1v) is 8.51. The summed E-state index contributed by atoms with van der Waals surface area (Å²) >= 11 is 0. The van der Waals surface area contributed by atoms with Crippen LogP contribution in [0.3, 0.4) is 0 Å². The molecule has 3 rings (SSSR count). The standard InChI is InChI=1S/C18H24BFN2O3/c1-6-22-11-13(10-21-22)12-23-16-9-14(7-8-15(16)20)19-24-17(2,3)18(4,5)25-19/h7-11H,6,12H2,1-5H3. The van der Waals surface area contributed by atoms with Gasteiger partial charge in [-0.2, -0.15) is 5.10 Å². The lowest BCUT2D eigenvalue weighted by Crippen LogP contribution is -2.41. The number of hydrogen-bond acceptors (Lipinski definition) is 4. The molecule has 0 N–H and O–H groups in total. The van der Waals surface area contributed by atoms with E-state index in [1.54, 1.807) is 23.0 Å². The molecule has 0 atom stereocenters. The van der Waals surface area contributed by atoms with Gasteiger partial charge in [-0.3, -0.25) is 4.68 Å². The molecule has 1 fully saturated rings. The van der Waals surface area contributed by atoms with Gasteiger partial charge in [0.15, 0.2) is 11.6 Å². The maximum atomic E-state index is 14.1. The molecule has 134 valence electrons. The molecular formula is C18H24BFN2O3. The molecule has 0 bridgehead atoms. The molecule has 0 aliphatic carbocycles. The summed E-state index contributed by atoms with van der Waals surface area (Å²) in [6.45, 7) is 11.0. The average molecular weight is 346 g/mol. The minimum absolute atomic E-state index is 0.177. The molecule has 1 aromatic heterocycles. The van der Waals surface area contributed by atoms with Gasteiger partial charge in [0.2, 0.25) is 0 Å². The molecule has 25 heavy (non-hydrogen) atoms. The number of hydrogen-bond donors (Lipinski definition) is 0. The normalized spacial score (nSPS) is 18.6. The Hall–Kier alpha value is -1.86. The SMILES string of the molecule is CCn1cc(COc2cc(B3OC(C)(C)C(C)(C)O3)ccc2F)cn1. The van der Waals surface area contributed by atoms with Gasteiger partial charge in [-0.1, -0.05) is 6.07 Å². The summed E-state index contributed by atoms with van der Waals surface area (Å²) in [4.78, 5) is 0. The van der Waals surface area contributed by atoms with Gasteiger partial charge in [-0.15, -0.1) is 0 Å². The van der Waals surface area contributed by atoms with E-state index in [1.807, 2.05) is 40.8 Å². The van der Waals surface area contributed by atoms with Gasteiger partial charge in [0.1, 0.15) is 6.61 Å². The van der Waals surface area contributed by atoms with E-state index in [2.05, 4.69) is 5.10 Å². The second-order valence-corrected chi connectivity index (χ2v) is 7.27. The van der Waals surface area contributed by atoms with Crippen LogP contribution >= 0.6 is 0 Å². The van der Waals surface area contributed by atoms with Gasteiger partial charge in [0, 0.05) is 18.3 Å². The molecule has 0 amide bonds. The van der Waals surface area contributed by atoms with Crippen LogP contribution in [-0.2, 0) is 22.5 Å². The highest BCUT2D eigenvalue weighted by Crippen LogP contribution is 2.36. The molecule has 2 aromatic rings. The quantitative estimate of drug-likeness (QED) is 0.781. The Morgan fingerprint density at radius 3 is 2.48 bits per heavy atom. The van der Waals surface area contributed by atoms with Crippen molar-refractivity contribution in [3.63, 3.8) is 0 Å². The zero-order valence-electron chi connectivity index (χ0n) is 15.4. The highest BCUT2D eigenvalue weighted by atomic mass is 19.1. The summed E-state index contributed by atoms with van der Waals surface area (Å²) in [5, 5.41) is 4.18. The average Bonchev–Trinajstić information content (AvgIpc) is 3.08. The molecule has 1 saturated heterocycles. The minimum Gasteiger partial charge on any atom is -0.486 e. The van der Waals surface area contributed by atoms with Crippen LogP contribution in [0.4, 0.5) is 4.39 Å². The molecule has 0 saturated carbocycles. The number of halogens is 1. The first-order chi connectivity index (χ1) is 11.7. The first-order valence-electron chi connectivity index (χ1n) is 8.51. The van der Waals surface area contributed by atoms with E-state index in [-0.39, 0.29) is 12.4 Å². The third-order valence-electron chi connectivity index (χ3n) is 4.89. The van der Waals surface area contributed by atoms with E-state index in [1.165, 1.54) is 6.07 Å². The predicted molar refractivity (Wildman–Crippen MR) is 94.3 cm³/mol. The molecule has 0 radical (unpaired) electrons. The largest absolute Gasteiger partial charge is 0.494 e. The van der Waals surface area contributed by atoms with E-state index in [0.29, 0.717) is 0 Å². The van der Waals surface area contributed by atoms with Crippen molar-refractivity contribution in [3.8, 4) is 5.75 Å². The Morgan fingerprint density at radius 2 is 1.88 bits per heavy atom. The van der Waals surface area contributed by atoms with Crippen molar-refractivity contribution < 1.29 is 18.4 Å². The van der Waals surface area contributed by atoms with Gasteiger partial charge < -0.3 is 14.0 Å². The van der Waals surface area contributed by atoms with E-state index < -0.39 is 24.1 Å². The van der Waals surface area contributed by atoms with Crippen molar-refractivity contribution in [2.24, 2.45) is 0 Å².